The third-order valence-electron chi connectivity index (χ3n) is 1.77. The highest BCUT2D eigenvalue weighted by Gasteiger charge is 2.05. The molecule has 0 spiro atoms. The van der Waals surface area contributed by atoms with E-state index in [-0.39, 0.29) is 0 Å². The maximum atomic E-state index is 5.48. The summed E-state index contributed by atoms with van der Waals surface area (Å²) in [4.78, 5) is 4.37. The number of rotatable bonds is 2. The molecule has 0 unspecified atom stereocenters. The van der Waals surface area contributed by atoms with E-state index in [1.807, 2.05) is 17.8 Å². The molecule has 3 heteroatoms. The van der Waals surface area contributed by atoms with Crippen molar-refractivity contribution in [3.05, 3.63) is 17.7 Å². The summed E-state index contributed by atoms with van der Waals surface area (Å²) in [5.74, 6) is 1.44. The molecule has 1 aromatic rings. The minimum atomic E-state index is 0.487. The van der Waals surface area contributed by atoms with Gasteiger partial charge in [-0.15, -0.1) is 0 Å². The number of nitrogens with zero attached hydrogens (tertiary/aromatic N) is 2. The quantitative estimate of drug-likeness (QED) is 0.689. The molecule has 0 amide bonds. The molecule has 0 aliphatic rings. The Morgan fingerprint density at radius 2 is 2.27 bits per heavy atom. The molecule has 1 heterocycles. The first-order valence-corrected chi connectivity index (χ1v) is 3.87. The SMILES string of the molecule is CC(C)c1cn(C)c(CN)n1. The molecule has 1 aromatic heterocycles. The zero-order valence-corrected chi connectivity index (χ0v) is 7.33. The summed E-state index contributed by atoms with van der Waals surface area (Å²) in [6.07, 6.45) is 2.03. The fourth-order valence-electron chi connectivity index (χ4n) is 0.997. The van der Waals surface area contributed by atoms with Gasteiger partial charge in [-0.25, -0.2) is 4.98 Å². The molecule has 1 rings (SSSR count). The average Bonchev–Trinajstić information content (AvgIpc) is 2.31. The lowest BCUT2D eigenvalue weighted by molar-refractivity contribution is 0.791. The normalized spacial score (nSPS) is 11.0. The van der Waals surface area contributed by atoms with Gasteiger partial charge in [0.2, 0.25) is 0 Å². The zero-order chi connectivity index (χ0) is 8.43. The van der Waals surface area contributed by atoms with Crippen LogP contribution in [0.2, 0.25) is 0 Å². The second-order valence-electron chi connectivity index (χ2n) is 3.05. The van der Waals surface area contributed by atoms with Crippen LogP contribution >= 0.6 is 0 Å². The number of imidazole rings is 1. The van der Waals surface area contributed by atoms with Crippen LogP contribution in [0.3, 0.4) is 0 Å². The van der Waals surface area contributed by atoms with E-state index in [0.29, 0.717) is 12.5 Å². The molecule has 0 bridgehead atoms. The second-order valence-corrected chi connectivity index (χ2v) is 3.05. The van der Waals surface area contributed by atoms with Gasteiger partial charge in [-0.1, -0.05) is 13.8 Å². The van der Waals surface area contributed by atoms with Crippen molar-refractivity contribution in [3.8, 4) is 0 Å². The summed E-state index contributed by atoms with van der Waals surface area (Å²) in [7, 11) is 1.97. The Morgan fingerprint density at radius 1 is 1.64 bits per heavy atom. The van der Waals surface area contributed by atoms with Crippen molar-refractivity contribution in [1.82, 2.24) is 9.55 Å². The van der Waals surface area contributed by atoms with E-state index < -0.39 is 0 Å². The van der Waals surface area contributed by atoms with Gasteiger partial charge in [-0.3, -0.25) is 0 Å². The molecule has 0 saturated heterocycles. The number of aryl methyl sites for hydroxylation is 1. The Labute approximate surface area is 67.2 Å². The summed E-state index contributed by atoms with van der Waals surface area (Å²) in [6.45, 7) is 4.77. The summed E-state index contributed by atoms with van der Waals surface area (Å²) < 4.78 is 1.98. The lowest BCUT2D eigenvalue weighted by atomic mass is 10.2. The Bertz CT molecular complexity index is 237. The molecule has 2 N–H and O–H groups in total. The largest absolute Gasteiger partial charge is 0.337 e. The van der Waals surface area contributed by atoms with Gasteiger partial charge in [0.05, 0.1) is 12.2 Å². The minimum absolute atomic E-state index is 0.487. The molecular weight excluding hydrogens is 138 g/mol. The average molecular weight is 153 g/mol. The topological polar surface area (TPSA) is 43.8 Å². The van der Waals surface area contributed by atoms with Crippen molar-refractivity contribution >= 4 is 0 Å². The van der Waals surface area contributed by atoms with Crippen LogP contribution in [0.25, 0.3) is 0 Å². The highest BCUT2D eigenvalue weighted by atomic mass is 15.1. The molecule has 62 valence electrons. The molecule has 3 nitrogen and oxygen atoms in total. The monoisotopic (exact) mass is 153 g/mol. The molecule has 0 saturated carbocycles. The lowest BCUT2D eigenvalue weighted by Gasteiger charge is -1.95. The Hall–Kier alpha value is -0.830. The fourth-order valence-corrected chi connectivity index (χ4v) is 0.997. The second kappa shape index (κ2) is 3.05. The van der Waals surface area contributed by atoms with Crippen LogP contribution in [0.1, 0.15) is 31.3 Å². The minimum Gasteiger partial charge on any atom is -0.337 e. The van der Waals surface area contributed by atoms with Gasteiger partial charge in [0.15, 0.2) is 0 Å². The van der Waals surface area contributed by atoms with Crippen LogP contribution in [0.15, 0.2) is 6.20 Å². The fraction of sp³-hybridized carbons (Fsp3) is 0.625. The number of hydrogen-bond acceptors (Lipinski definition) is 2. The highest BCUT2D eigenvalue weighted by molar-refractivity contribution is 5.07. The maximum absolute atomic E-state index is 5.48. The number of aromatic nitrogens is 2. The van der Waals surface area contributed by atoms with Gasteiger partial charge >= 0.3 is 0 Å². The van der Waals surface area contributed by atoms with Crippen LogP contribution in [-0.4, -0.2) is 9.55 Å². The van der Waals surface area contributed by atoms with Crippen LogP contribution in [0, 0.1) is 0 Å². The summed E-state index contributed by atoms with van der Waals surface area (Å²) in [5.41, 5.74) is 6.60. The first kappa shape index (κ1) is 8.27. The third-order valence-corrected chi connectivity index (χ3v) is 1.77. The molecule has 0 aliphatic heterocycles. The van der Waals surface area contributed by atoms with E-state index in [1.165, 1.54) is 0 Å². The Morgan fingerprint density at radius 3 is 2.55 bits per heavy atom. The molecular formula is C8H15N3. The predicted octanol–water partition coefficient (Wildman–Crippen LogP) is 1.00. The number of hydrogen-bond donors (Lipinski definition) is 1. The third kappa shape index (κ3) is 1.60. The van der Waals surface area contributed by atoms with Crippen molar-refractivity contribution < 1.29 is 0 Å². The smallest absolute Gasteiger partial charge is 0.122 e. The van der Waals surface area contributed by atoms with Gasteiger partial charge in [0, 0.05) is 13.2 Å². The van der Waals surface area contributed by atoms with Gasteiger partial charge in [-0.2, -0.15) is 0 Å². The molecule has 0 radical (unpaired) electrons. The van der Waals surface area contributed by atoms with Crippen LogP contribution in [-0.2, 0) is 13.6 Å². The summed E-state index contributed by atoms with van der Waals surface area (Å²) in [5, 5.41) is 0. The summed E-state index contributed by atoms with van der Waals surface area (Å²) in [6, 6.07) is 0. The molecule has 0 aromatic carbocycles. The van der Waals surface area contributed by atoms with E-state index in [1.54, 1.807) is 0 Å². The molecule has 0 atom stereocenters. The first-order valence-electron chi connectivity index (χ1n) is 3.87. The first-order chi connectivity index (χ1) is 5.15. The maximum Gasteiger partial charge on any atom is 0.122 e. The van der Waals surface area contributed by atoms with Crippen molar-refractivity contribution in [2.75, 3.05) is 0 Å². The van der Waals surface area contributed by atoms with E-state index >= 15 is 0 Å². The van der Waals surface area contributed by atoms with Gasteiger partial charge < -0.3 is 10.3 Å². The van der Waals surface area contributed by atoms with Crippen LogP contribution < -0.4 is 5.73 Å². The van der Waals surface area contributed by atoms with E-state index in [0.717, 1.165) is 11.5 Å². The molecule has 0 fully saturated rings. The van der Waals surface area contributed by atoms with Crippen molar-refractivity contribution in [1.29, 1.82) is 0 Å². The van der Waals surface area contributed by atoms with E-state index in [4.69, 9.17) is 5.73 Å². The Balaban J connectivity index is 2.95. The van der Waals surface area contributed by atoms with Gasteiger partial charge in [0.25, 0.3) is 0 Å². The van der Waals surface area contributed by atoms with Crippen LogP contribution in [0.5, 0.6) is 0 Å². The molecule has 11 heavy (non-hydrogen) atoms. The highest BCUT2D eigenvalue weighted by Crippen LogP contribution is 2.12. The van der Waals surface area contributed by atoms with Crippen molar-refractivity contribution in [2.24, 2.45) is 12.8 Å². The van der Waals surface area contributed by atoms with E-state index in [9.17, 15) is 0 Å². The summed E-state index contributed by atoms with van der Waals surface area (Å²) >= 11 is 0. The lowest BCUT2D eigenvalue weighted by Crippen LogP contribution is -2.03. The van der Waals surface area contributed by atoms with Gasteiger partial charge in [0.1, 0.15) is 5.82 Å². The molecule has 0 aliphatic carbocycles. The predicted molar refractivity (Wildman–Crippen MR) is 45.2 cm³/mol. The van der Waals surface area contributed by atoms with Crippen LogP contribution in [0.4, 0.5) is 0 Å². The van der Waals surface area contributed by atoms with Gasteiger partial charge in [-0.05, 0) is 5.92 Å². The zero-order valence-electron chi connectivity index (χ0n) is 7.33. The van der Waals surface area contributed by atoms with Crippen molar-refractivity contribution in [3.63, 3.8) is 0 Å². The van der Waals surface area contributed by atoms with Crippen molar-refractivity contribution in [2.45, 2.75) is 26.3 Å². The number of nitrogens with two attached hydrogens (primary N) is 1. The standard InChI is InChI=1S/C8H15N3/c1-6(2)7-5-11(3)8(4-9)10-7/h5-6H,4,9H2,1-3H3. The Kier molecular flexibility index (Phi) is 2.29. The van der Waals surface area contributed by atoms with E-state index in [2.05, 4.69) is 18.8 Å².